The van der Waals surface area contributed by atoms with Gasteiger partial charge in [-0.2, -0.15) is 0 Å². The Morgan fingerprint density at radius 3 is 2.67 bits per heavy atom. The Hall–Kier alpha value is -3.10. The molecule has 0 bridgehead atoms. The van der Waals surface area contributed by atoms with E-state index >= 15 is 0 Å². The van der Waals surface area contributed by atoms with Crippen LogP contribution in [0.5, 0.6) is 0 Å². The number of furan rings is 1. The molecular formula is C21H29N3O6. The number of hydrogen-bond donors (Lipinski definition) is 1. The lowest BCUT2D eigenvalue weighted by Gasteiger charge is -2.32. The van der Waals surface area contributed by atoms with E-state index in [1.54, 1.807) is 31.0 Å². The molecule has 0 unspecified atom stereocenters. The molecule has 1 aliphatic rings. The Bertz CT molecular complexity index is 751. The van der Waals surface area contributed by atoms with Gasteiger partial charge in [0.1, 0.15) is 5.76 Å². The van der Waals surface area contributed by atoms with Crippen molar-refractivity contribution in [3.8, 4) is 0 Å². The van der Waals surface area contributed by atoms with Crippen molar-refractivity contribution in [3.63, 3.8) is 0 Å². The molecule has 1 aromatic heterocycles. The first kappa shape index (κ1) is 23.2. The lowest BCUT2D eigenvalue weighted by atomic mass is 9.97. The second-order valence-corrected chi connectivity index (χ2v) is 7.05. The predicted molar refractivity (Wildman–Crippen MR) is 109 cm³/mol. The van der Waals surface area contributed by atoms with Crippen LogP contribution in [0, 0.1) is 5.92 Å². The zero-order valence-corrected chi connectivity index (χ0v) is 17.5. The maximum atomic E-state index is 12.4. The summed E-state index contributed by atoms with van der Waals surface area (Å²) < 4.78 is 10.1. The minimum atomic E-state index is -0.331. The fraction of sp³-hybridized carbons (Fsp3) is 0.524. The SMILES string of the molecule is CCOC(=O)C1CCN(C(=O)CN(C)C(=O)CCNC(=O)/C=C/c2ccco2)CC1. The number of amides is 3. The van der Waals surface area contributed by atoms with Gasteiger partial charge in [-0.3, -0.25) is 19.2 Å². The van der Waals surface area contributed by atoms with E-state index in [1.165, 1.54) is 23.3 Å². The molecule has 1 aromatic rings. The Kier molecular flexibility index (Phi) is 9.11. The highest BCUT2D eigenvalue weighted by molar-refractivity contribution is 5.91. The van der Waals surface area contributed by atoms with Gasteiger partial charge >= 0.3 is 5.97 Å². The van der Waals surface area contributed by atoms with E-state index in [0.29, 0.717) is 38.3 Å². The van der Waals surface area contributed by atoms with Gasteiger partial charge in [0.2, 0.25) is 17.7 Å². The number of likely N-dealkylation sites (tertiary alicyclic amines) is 1. The maximum Gasteiger partial charge on any atom is 0.309 e. The normalized spacial score (nSPS) is 14.5. The standard InChI is InChI=1S/C21H29N3O6/c1-3-29-21(28)16-9-12-24(13-10-16)20(27)15-23(2)19(26)8-11-22-18(25)7-6-17-5-4-14-30-17/h4-7,14,16H,3,8-13,15H2,1-2H3,(H,22,25)/b7-6+. The number of nitrogens with zero attached hydrogens (tertiary/aromatic N) is 2. The van der Waals surface area contributed by atoms with Gasteiger partial charge in [0.25, 0.3) is 0 Å². The molecule has 0 radical (unpaired) electrons. The van der Waals surface area contributed by atoms with Gasteiger partial charge in [-0.15, -0.1) is 0 Å². The van der Waals surface area contributed by atoms with Crippen LogP contribution in [0.25, 0.3) is 6.08 Å². The third-order valence-corrected chi connectivity index (χ3v) is 4.85. The number of rotatable bonds is 9. The minimum Gasteiger partial charge on any atom is -0.466 e. The molecule has 2 heterocycles. The molecule has 3 amide bonds. The van der Waals surface area contributed by atoms with Crippen molar-refractivity contribution in [1.29, 1.82) is 0 Å². The van der Waals surface area contributed by atoms with Crippen LogP contribution in [0.2, 0.25) is 0 Å². The van der Waals surface area contributed by atoms with Gasteiger partial charge in [-0.1, -0.05) is 0 Å². The summed E-state index contributed by atoms with van der Waals surface area (Å²) in [5.74, 6) is -0.538. The predicted octanol–water partition coefficient (Wildman–Crippen LogP) is 1.06. The number of carbonyl (C=O) groups is 4. The van der Waals surface area contributed by atoms with Crippen LogP contribution in [0.15, 0.2) is 28.9 Å². The number of likely N-dealkylation sites (N-methyl/N-ethyl adjacent to an activating group) is 1. The molecule has 0 atom stereocenters. The fourth-order valence-corrected chi connectivity index (χ4v) is 3.10. The van der Waals surface area contributed by atoms with Crippen LogP contribution in [-0.2, 0) is 23.9 Å². The smallest absolute Gasteiger partial charge is 0.309 e. The van der Waals surface area contributed by atoms with E-state index in [0.717, 1.165) is 0 Å². The molecule has 164 valence electrons. The molecule has 1 fully saturated rings. The highest BCUT2D eigenvalue weighted by Gasteiger charge is 2.28. The molecule has 0 spiro atoms. The minimum absolute atomic E-state index is 0.0325. The fourth-order valence-electron chi connectivity index (χ4n) is 3.10. The van der Waals surface area contributed by atoms with E-state index in [9.17, 15) is 19.2 Å². The van der Waals surface area contributed by atoms with Gasteiger partial charge in [0, 0.05) is 39.2 Å². The number of esters is 1. The number of nitrogens with one attached hydrogen (secondary N) is 1. The van der Waals surface area contributed by atoms with Crippen LogP contribution in [0.3, 0.4) is 0 Å². The molecule has 0 saturated carbocycles. The van der Waals surface area contributed by atoms with Crippen molar-refractivity contribution in [2.24, 2.45) is 5.92 Å². The second kappa shape index (κ2) is 11.8. The average molecular weight is 419 g/mol. The highest BCUT2D eigenvalue weighted by atomic mass is 16.5. The summed E-state index contributed by atoms with van der Waals surface area (Å²) in [6, 6.07) is 3.44. The summed E-state index contributed by atoms with van der Waals surface area (Å²) in [6.07, 6.45) is 5.61. The first-order chi connectivity index (χ1) is 14.4. The second-order valence-electron chi connectivity index (χ2n) is 7.05. The number of ether oxygens (including phenoxy) is 1. The Morgan fingerprint density at radius 1 is 1.30 bits per heavy atom. The zero-order chi connectivity index (χ0) is 21.9. The molecule has 1 aliphatic heterocycles. The van der Waals surface area contributed by atoms with Gasteiger partial charge in [0.15, 0.2) is 0 Å². The maximum absolute atomic E-state index is 12.4. The molecule has 1 N–H and O–H groups in total. The van der Waals surface area contributed by atoms with Crippen molar-refractivity contribution >= 4 is 29.8 Å². The van der Waals surface area contributed by atoms with Gasteiger partial charge in [-0.05, 0) is 38.0 Å². The lowest BCUT2D eigenvalue weighted by molar-refractivity contribution is -0.151. The van der Waals surface area contributed by atoms with Gasteiger partial charge < -0.3 is 24.3 Å². The van der Waals surface area contributed by atoms with Gasteiger partial charge in [0.05, 0.1) is 25.3 Å². The van der Waals surface area contributed by atoms with E-state index in [1.807, 2.05) is 0 Å². The average Bonchev–Trinajstić information content (AvgIpc) is 3.26. The summed E-state index contributed by atoms with van der Waals surface area (Å²) in [4.78, 5) is 51.2. The zero-order valence-electron chi connectivity index (χ0n) is 17.5. The molecular weight excluding hydrogens is 390 g/mol. The lowest BCUT2D eigenvalue weighted by Crippen LogP contribution is -2.46. The number of hydrogen-bond acceptors (Lipinski definition) is 6. The Balaban J connectivity index is 1.65. The third kappa shape index (κ3) is 7.38. The first-order valence-corrected chi connectivity index (χ1v) is 10.1. The summed E-state index contributed by atoms with van der Waals surface area (Å²) in [5.41, 5.74) is 0. The van der Waals surface area contributed by atoms with E-state index in [4.69, 9.17) is 9.15 Å². The number of piperidine rings is 1. The van der Waals surface area contributed by atoms with Crippen molar-refractivity contribution < 1.29 is 28.3 Å². The Morgan fingerprint density at radius 2 is 2.03 bits per heavy atom. The van der Waals surface area contributed by atoms with Crippen LogP contribution in [0.4, 0.5) is 0 Å². The first-order valence-electron chi connectivity index (χ1n) is 10.1. The van der Waals surface area contributed by atoms with Crippen molar-refractivity contribution in [3.05, 3.63) is 30.2 Å². The summed E-state index contributed by atoms with van der Waals surface area (Å²) in [6.45, 7) is 3.21. The summed E-state index contributed by atoms with van der Waals surface area (Å²) >= 11 is 0. The summed E-state index contributed by atoms with van der Waals surface area (Å²) in [7, 11) is 1.56. The molecule has 9 heteroatoms. The van der Waals surface area contributed by atoms with E-state index < -0.39 is 0 Å². The van der Waals surface area contributed by atoms with Crippen molar-refractivity contribution in [1.82, 2.24) is 15.1 Å². The third-order valence-electron chi connectivity index (χ3n) is 4.85. The molecule has 0 aromatic carbocycles. The molecule has 30 heavy (non-hydrogen) atoms. The van der Waals surface area contributed by atoms with E-state index in [2.05, 4.69) is 5.32 Å². The molecule has 0 aliphatic carbocycles. The van der Waals surface area contributed by atoms with Crippen LogP contribution in [0.1, 0.15) is 31.9 Å². The van der Waals surface area contributed by atoms with Gasteiger partial charge in [-0.25, -0.2) is 0 Å². The van der Waals surface area contributed by atoms with Crippen molar-refractivity contribution in [2.45, 2.75) is 26.2 Å². The highest BCUT2D eigenvalue weighted by Crippen LogP contribution is 2.18. The van der Waals surface area contributed by atoms with Crippen LogP contribution in [-0.4, -0.2) is 73.3 Å². The molecule has 9 nitrogen and oxygen atoms in total. The Labute approximate surface area is 176 Å². The van der Waals surface area contributed by atoms with Crippen molar-refractivity contribution in [2.75, 3.05) is 39.8 Å². The quantitative estimate of drug-likeness (QED) is 0.474. The van der Waals surface area contributed by atoms with Crippen LogP contribution < -0.4 is 5.32 Å². The van der Waals surface area contributed by atoms with E-state index in [-0.39, 0.29) is 49.1 Å². The largest absolute Gasteiger partial charge is 0.466 e. The molecule has 1 saturated heterocycles. The summed E-state index contributed by atoms with van der Waals surface area (Å²) in [5, 5.41) is 2.62. The monoisotopic (exact) mass is 419 g/mol. The van der Waals surface area contributed by atoms with Crippen LogP contribution >= 0.6 is 0 Å². The number of carbonyl (C=O) groups excluding carboxylic acids is 4. The molecule has 2 rings (SSSR count). The topological polar surface area (TPSA) is 109 Å².